The van der Waals surface area contributed by atoms with Crippen molar-refractivity contribution in [1.29, 1.82) is 0 Å². The summed E-state index contributed by atoms with van der Waals surface area (Å²) >= 11 is 0. The molecule has 128 valence electrons. The van der Waals surface area contributed by atoms with Gasteiger partial charge in [0.25, 0.3) is 0 Å². The second-order valence-electron chi connectivity index (χ2n) is 7.40. The molecule has 0 spiro atoms. The molecule has 1 heterocycles. The van der Waals surface area contributed by atoms with E-state index in [9.17, 15) is 4.79 Å². The Kier molecular flexibility index (Phi) is 6.69. The van der Waals surface area contributed by atoms with Gasteiger partial charge >= 0.3 is 0 Å². The lowest BCUT2D eigenvalue weighted by Gasteiger charge is -2.36. The van der Waals surface area contributed by atoms with Crippen LogP contribution in [-0.4, -0.2) is 48.3 Å². The zero-order valence-electron chi connectivity index (χ0n) is 14.7. The third-order valence-corrected chi connectivity index (χ3v) is 4.72. The van der Waals surface area contributed by atoms with Gasteiger partial charge in [-0.2, -0.15) is 0 Å². The Hall–Kier alpha value is -0.610. The Balaban J connectivity index is 1.66. The number of carbonyl (C=O) groups excluding carboxylic acids is 1. The molecule has 0 radical (unpaired) electrons. The highest BCUT2D eigenvalue weighted by atomic mass is 16.5. The van der Waals surface area contributed by atoms with Gasteiger partial charge in [0.05, 0.1) is 24.4 Å². The molecule has 1 saturated heterocycles. The fourth-order valence-corrected chi connectivity index (χ4v) is 3.54. The summed E-state index contributed by atoms with van der Waals surface area (Å²) in [6, 6.07) is 0. The van der Waals surface area contributed by atoms with Gasteiger partial charge in [-0.05, 0) is 52.4 Å². The number of hydrogen-bond acceptors (Lipinski definition) is 3. The van der Waals surface area contributed by atoms with E-state index in [1.165, 1.54) is 0 Å². The molecule has 0 aromatic heterocycles. The third kappa shape index (κ3) is 5.24. The summed E-state index contributed by atoms with van der Waals surface area (Å²) in [6.07, 6.45) is 7.91. The fraction of sp³-hybridized carbons (Fsp3) is 0.944. The minimum absolute atomic E-state index is 0.105. The summed E-state index contributed by atoms with van der Waals surface area (Å²) in [5.41, 5.74) is 0. The van der Waals surface area contributed by atoms with E-state index in [0.717, 1.165) is 51.6 Å². The lowest BCUT2D eigenvalue weighted by Crippen LogP contribution is -2.43. The molecule has 0 aromatic rings. The molecule has 0 aromatic carbocycles. The topological polar surface area (TPSA) is 38.8 Å². The molecule has 0 atom stereocenters. The van der Waals surface area contributed by atoms with Gasteiger partial charge in [0.2, 0.25) is 5.91 Å². The highest BCUT2D eigenvalue weighted by molar-refractivity contribution is 5.78. The van der Waals surface area contributed by atoms with Crippen LogP contribution in [0.5, 0.6) is 0 Å². The first kappa shape index (κ1) is 17.7. The fourth-order valence-electron chi connectivity index (χ4n) is 3.54. The van der Waals surface area contributed by atoms with Crippen molar-refractivity contribution in [2.24, 2.45) is 5.92 Å². The summed E-state index contributed by atoms with van der Waals surface area (Å²) < 4.78 is 12.2. The van der Waals surface area contributed by atoms with E-state index in [0.29, 0.717) is 24.4 Å². The summed E-state index contributed by atoms with van der Waals surface area (Å²) in [5.74, 6) is 0.387. The highest BCUT2D eigenvalue weighted by Crippen LogP contribution is 2.27. The van der Waals surface area contributed by atoms with Crippen molar-refractivity contribution in [2.45, 2.75) is 90.6 Å². The van der Waals surface area contributed by atoms with Crippen LogP contribution in [-0.2, 0) is 14.3 Å². The Morgan fingerprint density at radius 2 is 1.36 bits per heavy atom. The Bertz CT molecular complexity index is 340. The summed E-state index contributed by atoms with van der Waals surface area (Å²) in [6.45, 7) is 9.87. The van der Waals surface area contributed by atoms with Crippen molar-refractivity contribution < 1.29 is 14.3 Å². The zero-order chi connectivity index (χ0) is 16.1. The first-order valence-electron chi connectivity index (χ1n) is 9.05. The molecule has 1 aliphatic carbocycles. The normalized spacial score (nSPS) is 27.6. The first-order chi connectivity index (χ1) is 10.5. The second-order valence-corrected chi connectivity index (χ2v) is 7.40. The van der Waals surface area contributed by atoms with Crippen molar-refractivity contribution >= 4 is 5.91 Å². The molecule has 1 amide bonds. The molecule has 1 aliphatic heterocycles. The van der Waals surface area contributed by atoms with E-state index < -0.39 is 0 Å². The van der Waals surface area contributed by atoms with Crippen LogP contribution >= 0.6 is 0 Å². The summed E-state index contributed by atoms with van der Waals surface area (Å²) in [5, 5.41) is 0. The number of piperidine rings is 1. The van der Waals surface area contributed by atoms with E-state index >= 15 is 0 Å². The van der Waals surface area contributed by atoms with E-state index in [2.05, 4.69) is 13.8 Å². The Morgan fingerprint density at radius 3 is 1.86 bits per heavy atom. The monoisotopic (exact) mass is 311 g/mol. The van der Waals surface area contributed by atoms with E-state index in [1.807, 2.05) is 18.7 Å². The number of hydrogen-bond donors (Lipinski definition) is 0. The molecule has 0 unspecified atom stereocenters. The van der Waals surface area contributed by atoms with Crippen LogP contribution in [0.15, 0.2) is 0 Å². The molecule has 4 heteroatoms. The lowest BCUT2D eigenvalue weighted by atomic mass is 9.94. The predicted octanol–water partition coefficient (Wildman–Crippen LogP) is 3.39. The third-order valence-electron chi connectivity index (χ3n) is 4.72. The van der Waals surface area contributed by atoms with Gasteiger partial charge in [-0.25, -0.2) is 0 Å². The average Bonchev–Trinajstić information content (AvgIpc) is 2.49. The van der Waals surface area contributed by atoms with E-state index in [4.69, 9.17) is 9.47 Å². The summed E-state index contributed by atoms with van der Waals surface area (Å²) in [4.78, 5) is 14.0. The largest absolute Gasteiger partial charge is 0.376 e. The molecule has 0 N–H and O–H groups in total. The van der Waals surface area contributed by atoms with Gasteiger partial charge in [-0.3, -0.25) is 4.79 Å². The van der Waals surface area contributed by atoms with Crippen LogP contribution < -0.4 is 0 Å². The second kappa shape index (κ2) is 8.30. The predicted molar refractivity (Wildman–Crippen MR) is 87.8 cm³/mol. The number of rotatable bonds is 5. The smallest absolute Gasteiger partial charge is 0.225 e. The van der Waals surface area contributed by atoms with E-state index in [1.54, 1.807) is 0 Å². The Morgan fingerprint density at radius 1 is 0.864 bits per heavy atom. The maximum Gasteiger partial charge on any atom is 0.225 e. The summed E-state index contributed by atoms with van der Waals surface area (Å²) in [7, 11) is 0. The SMILES string of the molecule is CC(C)OC1CCC(OC2CCN(C(=O)C(C)C)CC2)CC1. The lowest BCUT2D eigenvalue weighted by molar-refractivity contribution is -0.138. The van der Waals surface area contributed by atoms with Crippen molar-refractivity contribution in [3.8, 4) is 0 Å². The molecule has 2 fully saturated rings. The maximum absolute atomic E-state index is 12.0. The number of carbonyl (C=O) groups is 1. The van der Waals surface area contributed by atoms with Crippen LogP contribution in [0.2, 0.25) is 0 Å². The van der Waals surface area contributed by atoms with Gasteiger partial charge in [-0.15, -0.1) is 0 Å². The minimum atomic E-state index is 0.105. The van der Waals surface area contributed by atoms with Crippen LogP contribution in [0.25, 0.3) is 0 Å². The van der Waals surface area contributed by atoms with Crippen LogP contribution in [0.3, 0.4) is 0 Å². The molecule has 2 aliphatic rings. The number of nitrogens with zero attached hydrogens (tertiary/aromatic N) is 1. The van der Waals surface area contributed by atoms with Gasteiger partial charge in [0.15, 0.2) is 0 Å². The van der Waals surface area contributed by atoms with Gasteiger partial charge in [-0.1, -0.05) is 13.8 Å². The molecule has 2 rings (SSSR count). The number of likely N-dealkylation sites (tertiary alicyclic amines) is 1. The zero-order valence-corrected chi connectivity index (χ0v) is 14.7. The quantitative estimate of drug-likeness (QED) is 0.781. The molecular weight excluding hydrogens is 278 g/mol. The van der Waals surface area contributed by atoms with Crippen molar-refractivity contribution in [3.63, 3.8) is 0 Å². The average molecular weight is 311 g/mol. The van der Waals surface area contributed by atoms with Crippen LogP contribution in [0.4, 0.5) is 0 Å². The minimum Gasteiger partial charge on any atom is -0.376 e. The van der Waals surface area contributed by atoms with Gasteiger partial charge in [0.1, 0.15) is 0 Å². The molecule has 1 saturated carbocycles. The van der Waals surface area contributed by atoms with E-state index in [-0.39, 0.29) is 11.8 Å². The maximum atomic E-state index is 12.0. The van der Waals surface area contributed by atoms with Crippen molar-refractivity contribution in [1.82, 2.24) is 4.90 Å². The van der Waals surface area contributed by atoms with Crippen molar-refractivity contribution in [2.75, 3.05) is 13.1 Å². The Labute approximate surface area is 135 Å². The van der Waals surface area contributed by atoms with Crippen LogP contribution in [0.1, 0.15) is 66.2 Å². The van der Waals surface area contributed by atoms with Crippen LogP contribution in [0, 0.1) is 5.92 Å². The van der Waals surface area contributed by atoms with Crippen molar-refractivity contribution in [3.05, 3.63) is 0 Å². The van der Waals surface area contributed by atoms with Gasteiger partial charge < -0.3 is 14.4 Å². The standard InChI is InChI=1S/C18H33NO3/c1-13(2)18(20)19-11-9-17(10-12-19)22-16-7-5-15(6-8-16)21-14(3)4/h13-17H,5-12H2,1-4H3. The number of ether oxygens (including phenoxy) is 2. The first-order valence-corrected chi connectivity index (χ1v) is 9.05. The van der Waals surface area contributed by atoms with Gasteiger partial charge in [0, 0.05) is 19.0 Å². The highest BCUT2D eigenvalue weighted by Gasteiger charge is 2.29. The molecule has 22 heavy (non-hydrogen) atoms. The molecule has 4 nitrogen and oxygen atoms in total. The molecule has 0 bridgehead atoms. The molecular formula is C18H33NO3. The number of amides is 1.